The molecule has 4 rings (SSSR count). The molecule has 0 aliphatic heterocycles. The Bertz CT molecular complexity index is 975. The zero-order valence-electron chi connectivity index (χ0n) is 12.4. The summed E-state index contributed by atoms with van der Waals surface area (Å²) in [5, 5.41) is 0. The Balaban J connectivity index is 2.19. The Kier molecular flexibility index (Phi) is 2.42. The van der Waals surface area contributed by atoms with Crippen LogP contribution >= 0.6 is 0 Å². The Morgan fingerprint density at radius 3 is 2.48 bits per heavy atom. The Morgan fingerprint density at radius 2 is 1.67 bits per heavy atom. The van der Waals surface area contributed by atoms with Crippen molar-refractivity contribution in [3.05, 3.63) is 59.9 Å². The molecule has 4 aromatic rings. The summed E-state index contributed by atoms with van der Waals surface area (Å²) in [6, 6.07) is 16.7. The van der Waals surface area contributed by atoms with Crippen LogP contribution in [0.2, 0.25) is 0 Å². The molecule has 0 unspecified atom stereocenters. The van der Waals surface area contributed by atoms with Crippen LogP contribution < -0.4 is 4.68 Å². The van der Waals surface area contributed by atoms with E-state index in [1.54, 1.807) is 0 Å². The maximum Gasteiger partial charge on any atom is 0.344 e. The zero-order valence-corrected chi connectivity index (χ0v) is 12.4. The van der Waals surface area contributed by atoms with Crippen molar-refractivity contribution in [1.82, 2.24) is 14.1 Å². The Morgan fingerprint density at radius 1 is 0.952 bits per heavy atom. The lowest BCUT2D eigenvalue weighted by atomic mass is 10.2. The number of hydrogen-bond donors (Lipinski definition) is 0. The molecule has 21 heavy (non-hydrogen) atoms. The maximum absolute atomic E-state index is 4.82. The summed E-state index contributed by atoms with van der Waals surface area (Å²) in [7, 11) is 2.07. The van der Waals surface area contributed by atoms with E-state index >= 15 is 0 Å². The van der Waals surface area contributed by atoms with Gasteiger partial charge in [0.25, 0.3) is 5.82 Å². The highest BCUT2D eigenvalue weighted by atomic mass is 15.5. The van der Waals surface area contributed by atoms with E-state index in [0.717, 1.165) is 28.3 Å². The smallest absolute Gasteiger partial charge is 0.185 e. The van der Waals surface area contributed by atoms with Gasteiger partial charge in [0.2, 0.25) is 0 Å². The molecule has 0 bridgehead atoms. The van der Waals surface area contributed by atoms with Crippen molar-refractivity contribution in [2.45, 2.75) is 13.8 Å². The van der Waals surface area contributed by atoms with E-state index in [2.05, 4.69) is 77.1 Å². The number of para-hydroxylation sites is 3. The summed E-state index contributed by atoms with van der Waals surface area (Å²) >= 11 is 0. The highest BCUT2D eigenvalue weighted by molar-refractivity contribution is 5.79. The third-order valence-corrected chi connectivity index (χ3v) is 4.17. The Hall–Kier alpha value is -2.62. The van der Waals surface area contributed by atoms with E-state index in [1.165, 1.54) is 5.56 Å². The SMILES string of the molecule is Cc1ccccc1-n1c2nc3ccccc3n2c(C)[n+]1C. The second-order valence-electron chi connectivity index (χ2n) is 5.41. The second-order valence-corrected chi connectivity index (χ2v) is 5.41. The van der Waals surface area contributed by atoms with Crippen molar-refractivity contribution in [3.63, 3.8) is 0 Å². The van der Waals surface area contributed by atoms with Crippen LogP contribution in [0.15, 0.2) is 48.5 Å². The first-order valence-corrected chi connectivity index (χ1v) is 7.09. The first kappa shape index (κ1) is 12.1. The van der Waals surface area contributed by atoms with Crippen molar-refractivity contribution in [2.24, 2.45) is 7.05 Å². The van der Waals surface area contributed by atoms with E-state index in [-0.39, 0.29) is 0 Å². The summed E-state index contributed by atoms with van der Waals surface area (Å²) in [6.07, 6.45) is 0. The lowest BCUT2D eigenvalue weighted by Crippen LogP contribution is -2.40. The quantitative estimate of drug-likeness (QED) is 0.491. The van der Waals surface area contributed by atoms with Gasteiger partial charge in [-0.05, 0) is 30.7 Å². The van der Waals surface area contributed by atoms with E-state index in [1.807, 2.05) is 6.07 Å². The average Bonchev–Trinajstić information content (AvgIpc) is 2.97. The monoisotopic (exact) mass is 277 g/mol. The molecule has 0 atom stereocenters. The first-order chi connectivity index (χ1) is 10.2. The highest BCUT2D eigenvalue weighted by Crippen LogP contribution is 2.21. The number of benzene rings is 2. The highest BCUT2D eigenvalue weighted by Gasteiger charge is 2.25. The number of fused-ring (bicyclic) bond motifs is 3. The third kappa shape index (κ3) is 1.56. The molecule has 4 heteroatoms. The van der Waals surface area contributed by atoms with Gasteiger partial charge < -0.3 is 0 Å². The van der Waals surface area contributed by atoms with Crippen LogP contribution in [-0.4, -0.2) is 14.1 Å². The van der Waals surface area contributed by atoms with Gasteiger partial charge in [-0.15, -0.1) is 4.68 Å². The van der Waals surface area contributed by atoms with Crippen LogP contribution in [0.3, 0.4) is 0 Å². The fraction of sp³-hybridized carbons (Fsp3) is 0.176. The van der Waals surface area contributed by atoms with Crippen LogP contribution in [0.5, 0.6) is 0 Å². The largest absolute Gasteiger partial charge is 0.344 e. The first-order valence-electron chi connectivity index (χ1n) is 7.09. The fourth-order valence-corrected chi connectivity index (χ4v) is 2.97. The number of aryl methyl sites for hydroxylation is 2. The van der Waals surface area contributed by atoms with Gasteiger partial charge in [-0.1, -0.05) is 30.3 Å². The molecule has 0 aliphatic rings. The van der Waals surface area contributed by atoms with Gasteiger partial charge in [0, 0.05) is 6.92 Å². The lowest BCUT2D eigenvalue weighted by Gasteiger charge is -2.05. The molecule has 2 heterocycles. The molecule has 0 fully saturated rings. The topological polar surface area (TPSA) is 26.1 Å². The number of hydrogen-bond acceptors (Lipinski definition) is 1. The fourth-order valence-electron chi connectivity index (χ4n) is 2.97. The van der Waals surface area contributed by atoms with E-state index < -0.39 is 0 Å². The van der Waals surface area contributed by atoms with Crippen molar-refractivity contribution >= 4 is 16.8 Å². The average molecular weight is 277 g/mol. The van der Waals surface area contributed by atoms with Crippen LogP contribution in [0, 0.1) is 13.8 Å². The van der Waals surface area contributed by atoms with Gasteiger partial charge in [0.05, 0.1) is 5.69 Å². The molecular formula is C17H17N4+. The number of rotatable bonds is 1. The third-order valence-electron chi connectivity index (χ3n) is 4.17. The normalized spacial score (nSPS) is 11.6. The van der Waals surface area contributed by atoms with Crippen molar-refractivity contribution in [1.29, 1.82) is 0 Å². The van der Waals surface area contributed by atoms with Crippen molar-refractivity contribution in [3.8, 4) is 5.69 Å². The predicted molar refractivity (Wildman–Crippen MR) is 82.7 cm³/mol. The summed E-state index contributed by atoms with van der Waals surface area (Å²) in [6.45, 7) is 4.25. The molecule has 4 nitrogen and oxygen atoms in total. The number of imidazole rings is 1. The summed E-state index contributed by atoms with van der Waals surface area (Å²) < 4.78 is 6.53. The van der Waals surface area contributed by atoms with E-state index in [9.17, 15) is 0 Å². The van der Waals surface area contributed by atoms with Crippen molar-refractivity contribution < 1.29 is 4.68 Å². The standard InChI is InChI=1S/C17H17N4/c1-12-8-4-6-10-15(12)21-17-18-14-9-5-7-11-16(14)20(17)13(2)19(21)3/h4-11H,1-3H3/q+1. The van der Waals surface area contributed by atoms with Crippen molar-refractivity contribution in [2.75, 3.05) is 0 Å². The Labute approximate surface area is 122 Å². The zero-order chi connectivity index (χ0) is 14.6. The van der Waals surface area contributed by atoms with Gasteiger partial charge in [0.15, 0.2) is 5.52 Å². The van der Waals surface area contributed by atoms with E-state index in [0.29, 0.717) is 0 Å². The van der Waals surface area contributed by atoms with Crippen LogP contribution in [0.1, 0.15) is 11.4 Å². The minimum absolute atomic E-state index is 0.950. The van der Waals surface area contributed by atoms with Gasteiger partial charge >= 0.3 is 5.78 Å². The van der Waals surface area contributed by atoms with Crippen LogP contribution in [0.25, 0.3) is 22.5 Å². The van der Waals surface area contributed by atoms with Gasteiger partial charge in [0.1, 0.15) is 12.6 Å². The summed E-state index contributed by atoms with van der Waals surface area (Å²) in [5.74, 6) is 2.10. The number of nitrogens with zero attached hydrogens (tertiary/aromatic N) is 4. The molecule has 0 saturated carbocycles. The minimum Gasteiger partial charge on any atom is -0.185 e. The molecule has 0 N–H and O–H groups in total. The second kappa shape index (κ2) is 4.19. The summed E-state index contributed by atoms with van der Waals surface area (Å²) in [4.78, 5) is 4.82. The van der Waals surface area contributed by atoms with E-state index in [4.69, 9.17) is 4.98 Å². The molecule has 0 saturated heterocycles. The number of aromatic nitrogens is 4. The summed E-state index contributed by atoms with van der Waals surface area (Å²) in [5.41, 5.74) is 4.57. The molecule has 2 aromatic carbocycles. The molecule has 2 aromatic heterocycles. The predicted octanol–water partition coefficient (Wildman–Crippen LogP) is 2.72. The van der Waals surface area contributed by atoms with Crippen LogP contribution in [-0.2, 0) is 7.05 Å². The molecule has 0 amide bonds. The molecule has 0 radical (unpaired) electrons. The molecule has 0 spiro atoms. The maximum atomic E-state index is 4.82. The van der Waals surface area contributed by atoms with Gasteiger partial charge in [-0.2, -0.15) is 14.1 Å². The lowest BCUT2D eigenvalue weighted by molar-refractivity contribution is -0.749. The van der Waals surface area contributed by atoms with Gasteiger partial charge in [-0.3, -0.25) is 0 Å². The van der Waals surface area contributed by atoms with Crippen LogP contribution in [0.4, 0.5) is 0 Å². The molecule has 104 valence electrons. The minimum atomic E-state index is 0.950. The molecular weight excluding hydrogens is 260 g/mol. The van der Waals surface area contributed by atoms with Gasteiger partial charge in [-0.25, -0.2) is 0 Å². The molecule has 0 aliphatic carbocycles.